The Kier molecular flexibility index (Phi) is 3.67. The number of hydrogen-bond donors (Lipinski definition) is 2. The summed E-state index contributed by atoms with van der Waals surface area (Å²) in [4.78, 5) is 0. The molecule has 78 valence electrons. The van der Waals surface area contributed by atoms with Gasteiger partial charge in [-0.25, -0.2) is 0 Å². The third kappa shape index (κ3) is 2.34. The minimum absolute atomic E-state index is 0.125. The molecule has 0 heterocycles. The Morgan fingerprint density at radius 1 is 1.29 bits per heavy atom. The van der Waals surface area contributed by atoms with Crippen LogP contribution >= 0.6 is 0 Å². The standard InChI is InChI=1S/C12H20N2/c1-8-5-6-9(2)11(7-8)12(14-4)10(3)13/h5-7,10,12,14H,13H2,1-4H3. The van der Waals surface area contributed by atoms with Crippen molar-refractivity contribution in [3.8, 4) is 0 Å². The monoisotopic (exact) mass is 192 g/mol. The van der Waals surface area contributed by atoms with E-state index in [4.69, 9.17) is 5.73 Å². The zero-order chi connectivity index (χ0) is 10.7. The van der Waals surface area contributed by atoms with Crippen LogP contribution in [0.25, 0.3) is 0 Å². The highest BCUT2D eigenvalue weighted by atomic mass is 14.9. The summed E-state index contributed by atoms with van der Waals surface area (Å²) in [5, 5.41) is 3.26. The molecule has 2 unspecified atom stereocenters. The fourth-order valence-electron chi connectivity index (χ4n) is 1.80. The average molecular weight is 192 g/mol. The Balaban J connectivity index is 3.08. The smallest absolute Gasteiger partial charge is 0.0471 e. The fourth-order valence-corrected chi connectivity index (χ4v) is 1.80. The van der Waals surface area contributed by atoms with Crippen molar-refractivity contribution in [3.63, 3.8) is 0 Å². The Morgan fingerprint density at radius 2 is 1.93 bits per heavy atom. The molecule has 0 aliphatic carbocycles. The van der Waals surface area contributed by atoms with Crippen molar-refractivity contribution in [1.82, 2.24) is 5.32 Å². The number of rotatable bonds is 3. The predicted octanol–water partition coefficient (Wildman–Crippen LogP) is 1.91. The van der Waals surface area contributed by atoms with Gasteiger partial charge in [-0.15, -0.1) is 0 Å². The van der Waals surface area contributed by atoms with Crippen LogP contribution in [0.1, 0.15) is 29.7 Å². The summed E-state index contributed by atoms with van der Waals surface area (Å²) >= 11 is 0. The van der Waals surface area contributed by atoms with Crippen molar-refractivity contribution >= 4 is 0 Å². The summed E-state index contributed by atoms with van der Waals surface area (Å²) in [6.07, 6.45) is 0. The first kappa shape index (κ1) is 11.2. The van der Waals surface area contributed by atoms with E-state index in [0.29, 0.717) is 0 Å². The van der Waals surface area contributed by atoms with Gasteiger partial charge < -0.3 is 11.1 Å². The lowest BCUT2D eigenvalue weighted by Gasteiger charge is -2.22. The van der Waals surface area contributed by atoms with Gasteiger partial charge in [-0.1, -0.05) is 23.8 Å². The van der Waals surface area contributed by atoms with Gasteiger partial charge in [0.05, 0.1) is 0 Å². The fraction of sp³-hybridized carbons (Fsp3) is 0.500. The van der Waals surface area contributed by atoms with Crippen LogP contribution in [-0.4, -0.2) is 13.1 Å². The van der Waals surface area contributed by atoms with Gasteiger partial charge >= 0.3 is 0 Å². The largest absolute Gasteiger partial charge is 0.326 e. The van der Waals surface area contributed by atoms with E-state index in [-0.39, 0.29) is 12.1 Å². The lowest BCUT2D eigenvalue weighted by Crippen LogP contribution is -2.34. The molecule has 0 saturated heterocycles. The highest BCUT2D eigenvalue weighted by molar-refractivity contribution is 5.33. The average Bonchev–Trinajstić information content (AvgIpc) is 2.11. The summed E-state index contributed by atoms with van der Waals surface area (Å²) in [5.41, 5.74) is 9.83. The van der Waals surface area contributed by atoms with E-state index in [0.717, 1.165) is 0 Å². The van der Waals surface area contributed by atoms with Gasteiger partial charge in [0.25, 0.3) is 0 Å². The van der Waals surface area contributed by atoms with E-state index in [1.54, 1.807) is 0 Å². The van der Waals surface area contributed by atoms with Crippen LogP contribution in [-0.2, 0) is 0 Å². The van der Waals surface area contributed by atoms with Crippen LogP contribution in [0, 0.1) is 13.8 Å². The highest BCUT2D eigenvalue weighted by Crippen LogP contribution is 2.20. The second-order valence-electron chi connectivity index (χ2n) is 3.99. The van der Waals surface area contributed by atoms with Gasteiger partial charge in [0.15, 0.2) is 0 Å². The Labute approximate surface area is 86.5 Å². The van der Waals surface area contributed by atoms with E-state index in [1.807, 2.05) is 14.0 Å². The number of likely N-dealkylation sites (N-methyl/N-ethyl adjacent to an activating group) is 1. The SMILES string of the molecule is CNC(c1cc(C)ccc1C)C(C)N. The summed E-state index contributed by atoms with van der Waals surface area (Å²) in [6, 6.07) is 6.86. The van der Waals surface area contributed by atoms with Crippen LogP contribution in [0.4, 0.5) is 0 Å². The van der Waals surface area contributed by atoms with E-state index in [2.05, 4.69) is 37.4 Å². The normalized spacial score (nSPS) is 15.2. The molecule has 1 aromatic rings. The van der Waals surface area contributed by atoms with Crippen molar-refractivity contribution < 1.29 is 0 Å². The second kappa shape index (κ2) is 4.58. The minimum atomic E-state index is 0.125. The maximum Gasteiger partial charge on any atom is 0.0471 e. The molecule has 0 bridgehead atoms. The molecule has 0 saturated carbocycles. The molecular formula is C12H20N2. The van der Waals surface area contributed by atoms with Crippen LogP contribution in [0.5, 0.6) is 0 Å². The molecule has 0 aliphatic rings. The second-order valence-corrected chi connectivity index (χ2v) is 3.99. The number of nitrogens with two attached hydrogens (primary N) is 1. The van der Waals surface area contributed by atoms with Gasteiger partial charge in [-0.05, 0) is 38.9 Å². The molecule has 14 heavy (non-hydrogen) atoms. The zero-order valence-electron chi connectivity index (χ0n) is 9.46. The van der Waals surface area contributed by atoms with Gasteiger partial charge in [0, 0.05) is 12.1 Å². The molecule has 2 atom stereocenters. The van der Waals surface area contributed by atoms with E-state index in [9.17, 15) is 0 Å². The van der Waals surface area contributed by atoms with Crippen LogP contribution in [0.3, 0.4) is 0 Å². The van der Waals surface area contributed by atoms with E-state index in [1.165, 1.54) is 16.7 Å². The van der Waals surface area contributed by atoms with Crippen molar-refractivity contribution in [2.24, 2.45) is 5.73 Å². The Bertz CT molecular complexity index is 305. The topological polar surface area (TPSA) is 38.0 Å². The van der Waals surface area contributed by atoms with E-state index >= 15 is 0 Å². The third-order valence-electron chi connectivity index (χ3n) is 2.61. The molecule has 0 radical (unpaired) electrons. The van der Waals surface area contributed by atoms with E-state index < -0.39 is 0 Å². The van der Waals surface area contributed by atoms with Crippen molar-refractivity contribution in [2.45, 2.75) is 32.9 Å². The summed E-state index contributed by atoms with van der Waals surface area (Å²) in [5.74, 6) is 0. The maximum absolute atomic E-state index is 5.94. The maximum atomic E-state index is 5.94. The zero-order valence-corrected chi connectivity index (χ0v) is 9.46. The summed E-state index contributed by atoms with van der Waals surface area (Å²) < 4.78 is 0. The van der Waals surface area contributed by atoms with Crippen molar-refractivity contribution in [1.29, 1.82) is 0 Å². The molecule has 0 fully saturated rings. The molecule has 1 aromatic carbocycles. The molecule has 0 spiro atoms. The third-order valence-corrected chi connectivity index (χ3v) is 2.61. The van der Waals surface area contributed by atoms with Crippen LogP contribution in [0.2, 0.25) is 0 Å². The first-order valence-corrected chi connectivity index (χ1v) is 5.06. The Hall–Kier alpha value is -0.860. The number of aryl methyl sites for hydroxylation is 2. The number of hydrogen-bond acceptors (Lipinski definition) is 2. The van der Waals surface area contributed by atoms with Crippen LogP contribution < -0.4 is 11.1 Å². The highest BCUT2D eigenvalue weighted by Gasteiger charge is 2.15. The number of benzene rings is 1. The molecule has 0 aliphatic heterocycles. The molecule has 3 N–H and O–H groups in total. The minimum Gasteiger partial charge on any atom is -0.326 e. The molecular weight excluding hydrogens is 172 g/mol. The van der Waals surface area contributed by atoms with Gasteiger partial charge in [-0.3, -0.25) is 0 Å². The lowest BCUT2D eigenvalue weighted by atomic mass is 9.95. The summed E-state index contributed by atoms with van der Waals surface area (Å²) in [6.45, 7) is 6.27. The van der Waals surface area contributed by atoms with Crippen molar-refractivity contribution in [3.05, 3.63) is 34.9 Å². The van der Waals surface area contributed by atoms with Gasteiger partial charge in [-0.2, -0.15) is 0 Å². The van der Waals surface area contributed by atoms with Gasteiger partial charge in [0.2, 0.25) is 0 Å². The Morgan fingerprint density at radius 3 is 2.43 bits per heavy atom. The predicted molar refractivity (Wildman–Crippen MR) is 61.4 cm³/mol. The molecule has 0 amide bonds. The molecule has 2 nitrogen and oxygen atoms in total. The first-order chi connectivity index (χ1) is 6.56. The number of nitrogens with one attached hydrogen (secondary N) is 1. The first-order valence-electron chi connectivity index (χ1n) is 5.06. The molecule has 2 heteroatoms. The molecule has 0 aromatic heterocycles. The van der Waals surface area contributed by atoms with Crippen LogP contribution in [0.15, 0.2) is 18.2 Å². The lowest BCUT2D eigenvalue weighted by molar-refractivity contribution is 0.501. The van der Waals surface area contributed by atoms with Crippen molar-refractivity contribution in [2.75, 3.05) is 7.05 Å². The quantitative estimate of drug-likeness (QED) is 0.767. The molecule has 1 rings (SSSR count). The van der Waals surface area contributed by atoms with Gasteiger partial charge in [0.1, 0.15) is 0 Å². The summed E-state index contributed by atoms with van der Waals surface area (Å²) in [7, 11) is 1.95.